The Morgan fingerprint density at radius 1 is 1.10 bits per heavy atom. The number of aliphatic hydroxyl groups excluding tert-OH is 1. The number of aliphatic hydroxyl groups is 1. The molecule has 0 aromatic heterocycles. The third kappa shape index (κ3) is 6.27. The van der Waals surface area contributed by atoms with Gasteiger partial charge in [0.1, 0.15) is -0.565 Å². The molecule has 4 nitrogen and oxygen atoms in total. The molecule has 7 heteroatoms. The lowest BCUT2D eigenvalue weighted by Gasteiger charge is -2.39. The molecule has 3 atom stereocenters. The average molecular weight is 730 g/mol. The van der Waals surface area contributed by atoms with Gasteiger partial charge in [-0.1, -0.05) is 38.1 Å². The molecule has 29 heavy (non-hydrogen) atoms. The second-order valence-electron chi connectivity index (χ2n) is 7.83. The van der Waals surface area contributed by atoms with Crippen molar-refractivity contribution >= 4 is 79.4 Å². The minimum Gasteiger partial charge on any atom is -0.392 e. The highest BCUT2D eigenvalue weighted by molar-refractivity contribution is 14.3. The fourth-order valence-electron chi connectivity index (χ4n) is 3.88. The lowest BCUT2D eigenvalue weighted by molar-refractivity contribution is -0.0107. The third-order valence-corrected chi connectivity index (χ3v) is 7.10. The summed E-state index contributed by atoms with van der Waals surface area (Å²) in [6, 6.07) is 15.5. The minimum atomic E-state index is -0.223. The summed E-state index contributed by atoms with van der Waals surface area (Å²) < 4.78 is -0.122. The lowest BCUT2D eigenvalue weighted by Crippen LogP contribution is -2.47. The summed E-state index contributed by atoms with van der Waals surface area (Å²) in [4.78, 5) is 15.0. The van der Waals surface area contributed by atoms with Crippen molar-refractivity contribution in [2.75, 3.05) is 18.4 Å². The molecule has 2 aromatic carbocycles. The van der Waals surface area contributed by atoms with Crippen LogP contribution in [0, 0.1) is 11.8 Å². The van der Waals surface area contributed by atoms with Crippen molar-refractivity contribution in [3.63, 3.8) is 0 Å². The zero-order chi connectivity index (χ0) is 21.2. The first-order chi connectivity index (χ1) is 13.6. The van der Waals surface area contributed by atoms with E-state index in [9.17, 15) is 9.90 Å². The fraction of sp³-hybridized carbons (Fsp3) is 0.409. The Morgan fingerprint density at radius 2 is 1.72 bits per heavy atom. The number of hydrogen-bond donors (Lipinski definition) is 2. The van der Waals surface area contributed by atoms with Crippen LogP contribution in [-0.2, 0) is 5.98 Å². The van der Waals surface area contributed by atoms with Gasteiger partial charge in [0, 0.05) is 30.9 Å². The molecule has 0 aliphatic carbocycles. The van der Waals surface area contributed by atoms with Crippen molar-refractivity contribution < 1.29 is 9.90 Å². The molecule has 1 heterocycles. The van der Waals surface area contributed by atoms with Crippen LogP contribution in [0.25, 0.3) is 0 Å². The molecule has 156 valence electrons. The van der Waals surface area contributed by atoms with E-state index >= 15 is 0 Å². The van der Waals surface area contributed by atoms with Crippen LogP contribution in [0.15, 0.2) is 48.5 Å². The first kappa shape index (κ1) is 23.7. The van der Waals surface area contributed by atoms with Crippen molar-refractivity contribution in [1.82, 2.24) is 4.90 Å². The Bertz CT molecular complexity index is 843. The van der Waals surface area contributed by atoms with Gasteiger partial charge in [-0.2, -0.15) is 0 Å². The molecule has 1 fully saturated rings. The van der Waals surface area contributed by atoms with Crippen molar-refractivity contribution in [1.29, 1.82) is 0 Å². The molecule has 1 saturated heterocycles. The Balaban J connectivity index is 1.81. The van der Waals surface area contributed by atoms with E-state index in [4.69, 9.17) is 0 Å². The van der Waals surface area contributed by atoms with Crippen molar-refractivity contribution in [3.05, 3.63) is 65.2 Å². The number of amides is 1. The van der Waals surface area contributed by atoms with Gasteiger partial charge < -0.3 is 10.4 Å². The quantitative estimate of drug-likeness (QED) is 0.302. The molecule has 1 aliphatic heterocycles. The van der Waals surface area contributed by atoms with Crippen LogP contribution >= 0.6 is 67.8 Å². The smallest absolute Gasteiger partial charge is 0.255 e. The molecule has 2 N–H and O–H groups in total. The van der Waals surface area contributed by atoms with Gasteiger partial charge in [-0.05, 0) is 115 Å². The Hall–Kier alpha value is 0.0200. The summed E-state index contributed by atoms with van der Waals surface area (Å²) in [6.07, 6.45) is -0.223. The van der Waals surface area contributed by atoms with E-state index in [1.54, 1.807) is 0 Å². The predicted octanol–water partition coefficient (Wildman–Crippen LogP) is 5.80. The number of carbonyl (C=O) groups excluding carboxylic acids is 1. The van der Waals surface area contributed by atoms with E-state index in [-0.39, 0.29) is 23.3 Å². The summed E-state index contributed by atoms with van der Waals surface area (Å²) in [7, 11) is 0. The van der Waals surface area contributed by atoms with Crippen molar-refractivity contribution in [2.45, 2.75) is 25.9 Å². The van der Waals surface area contributed by atoms with Gasteiger partial charge in [-0.15, -0.1) is 0 Å². The maximum Gasteiger partial charge on any atom is 0.255 e. The molecule has 1 unspecified atom stereocenters. The number of benzene rings is 2. The van der Waals surface area contributed by atoms with Crippen LogP contribution in [0.4, 0.5) is 5.69 Å². The number of alkyl halides is 3. The molecule has 0 saturated carbocycles. The van der Waals surface area contributed by atoms with Gasteiger partial charge in [0.05, 0.1) is 6.10 Å². The number of nitrogens with zero attached hydrogens (tertiary/aromatic N) is 1. The SMILES string of the molecule is C[C@@H]1CN(Cc2ccc(NC(=O)c3ccccc3)cc2C(I)(I)I)C[C@H](C)C1O. The van der Waals surface area contributed by atoms with Crippen LogP contribution in [0.2, 0.25) is 0 Å². The maximum atomic E-state index is 12.5. The van der Waals surface area contributed by atoms with Gasteiger partial charge in [0.2, 0.25) is 0 Å². The van der Waals surface area contributed by atoms with Gasteiger partial charge in [-0.25, -0.2) is 0 Å². The van der Waals surface area contributed by atoms with E-state index in [2.05, 4.69) is 104 Å². The number of likely N-dealkylation sites (tertiary alicyclic amines) is 1. The van der Waals surface area contributed by atoms with E-state index < -0.39 is 0 Å². The highest BCUT2D eigenvalue weighted by atomic mass is 127. The van der Waals surface area contributed by atoms with Crippen molar-refractivity contribution in [3.8, 4) is 0 Å². The first-order valence-electron chi connectivity index (χ1n) is 9.62. The maximum absolute atomic E-state index is 12.5. The second-order valence-corrected chi connectivity index (χ2v) is 18.9. The largest absolute Gasteiger partial charge is 0.392 e. The summed E-state index contributed by atoms with van der Waals surface area (Å²) in [6.45, 7) is 6.88. The van der Waals surface area contributed by atoms with E-state index in [0.29, 0.717) is 5.56 Å². The summed E-state index contributed by atoms with van der Waals surface area (Å²) in [5.41, 5.74) is 3.92. The molecule has 1 aliphatic rings. The lowest BCUT2D eigenvalue weighted by atomic mass is 9.88. The molecule has 0 radical (unpaired) electrons. The Morgan fingerprint density at radius 3 is 2.31 bits per heavy atom. The molecule has 3 rings (SSSR count). The Kier molecular flexibility index (Phi) is 8.24. The van der Waals surface area contributed by atoms with Gasteiger partial charge in [0.15, 0.2) is 0 Å². The van der Waals surface area contributed by atoms with Gasteiger partial charge in [0.25, 0.3) is 5.91 Å². The highest BCUT2D eigenvalue weighted by Crippen LogP contribution is 2.48. The molecule has 0 spiro atoms. The second kappa shape index (κ2) is 10.1. The summed E-state index contributed by atoms with van der Waals surface area (Å²) >= 11 is 7.31. The number of carbonyl (C=O) groups is 1. The number of piperidine rings is 1. The van der Waals surface area contributed by atoms with Crippen LogP contribution < -0.4 is 5.32 Å². The molecular weight excluding hydrogens is 705 g/mol. The predicted molar refractivity (Wildman–Crippen MR) is 144 cm³/mol. The average Bonchev–Trinajstić information content (AvgIpc) is 2.67. The zero-order valence-corrected chi connectivity index (χ0v) is 22.9. The first-order valence-corrected chi connectivity index (χ1v) is 12.9. The van der Waals surface area contributed by atoms with Crippen LogP contribution in [0.5, 0.6) is 0 Å². The third-order valence-electron chi connectivity index (χ3n) is 5.36. The number of rotatable bonds is 5. The van der Waals surface area contributed by atoms with Crippen LogP contribution in [0.1, 0.15) is 35.3 Å². The fourth-order valence-corrected chi connectivity index (χ4v) is 5.39. The molecular formula is C22H25I3N2O2. The summed E-state index contributed by atoms with van der Waals surface area (Å²) in [5.74, 6) is 0.448. The van der Waals surface area contributed by atoms with Gasteiger partial charge >= 0.3 is 0 Å². The molecule has 1 amide bonds. The van der Waals surface area contributed by atoms with Crippen LogP contribution in [-0.4, -0.2) is 35.1 Å². The molecule has 0 bridgehead atoms. The standard InChI is InChI=1S/C22H25I3N2O2/c1-14-11-27(12-15(2)20(14)28)13-17-8-9-18(10-19(17)22(23,24)25)26-21(29)16-6-4-3-5-7-16/h3-10,14-15,20,28H,11-13H2,1-2H3,(H,26,29)/t14-,15+,20?. The van der Waals surface area contributed by atoms with Gasteiger partial charge in [-0.3, -0.25) is 9.69 Å². The monoisotopic (exact) mass is 730 g/mol. The zero-order valence-electron chi connectivity index (χ0n) is 16.4. The van der Waals surface area contributed by atoms with Crippen LogP contribution in [0.3, 0.4) is 0 Å². The highest BCUT2D eigenvalue weighted by Gasteiger charge is 2.32. The number of halogens is 3. The normalized spacial score (nSPS) is 23.0. The number of hydrogen-bond acceptors (Lipinski definition) is 3. The summed E-state index contributed by atoms with van der Waals surface area (Å²) in [5, 5.41) is 13.3. The molecule has 2 aromatic rings. The number of anilines is 1. The van der Waals surface area contributed by atoms with E-state index in [0.717, 1.165) is 25.3 Å². The minimum absolute atomic E-state index is 0.0991. The van der Waals surface area contributed by atoms with E-state index in [1.807, 2.05) is 36.4 Å². The topological polar surface area (TPSA) is 52.6 Å². The number of nitrogens with one attached hydrogen (secondary N) is 1. The van der Waals surface area contributed by atoms with Crippen molar-refractivity contribution in [2.24, 2.45) is 11.8 Å². The van der Waals surface area contributed by atoms with E-state index in [1.165, 1.54) is 11.1 Å². The Labute approximate surface area is 213 Å².